The van der Waals surface area contributed by atoms with E-state index in [4.69, 9.17) is 9.47 Å². The highest BCUT2D eigenvalue weighted by Gasteiger charge is 2.45. The van der Waals surface area contributed by atoms with E-state index >= 15 is 0 Å². The quantitative estimate of drug-likeness (QED) is 0.485. The third kappa shape index (κ3) is 4.12. The van der Waals surface area contributed by atoms with Gasteiger partial charge >= 0.3 is 0 Å². The van der Waals surface area contributed by atoms with Crippen LogP contribution in [0.2, 0.25) is 0 Å². The summed E-state index contributed by atoms with van der Waals surface area (Å²) in [4.78, 5) is 38.1. The number of aldehydes is 1. The van der Waals surface area contributed by atoms with Gasteiger partial charge in [-0.15, -0.1) is 0 Å². The second-order valence-corrected chi connectivity index (χ2v) is 7.45. The Morgan fingerprint density at radius 1 is 1.29 bits per heavy atom. The van der Waals surface area contributed by atoms with Gasteiger partial charge in [-0.1, -0.05) is 18.2 Å². The monoisotopic (exact) mass is 426 g/mol. The molecular weight excluding hydrogens is 402 g/mol. The number of nitrogens with zero attached hydrogens (tertiary/aromatic N) is 1. The Balaban J connectivity index is 1.88. The first kappa shape index (κ1) is 22.3. The van der Waals surface area contributed by atoms with E-state index in [1.165, 1.54) is 25.1 Å². The first-order valence-corrected chi connectivity index (χ1v) is 9.91. The molecule has 0 radical (unpaired) electrons. The number of fused-ring (bicyclic) bond motifs is 1. The molecule has 9 heteroatoms. The molecule has 31 heavy (non-hydrogen) atoms. The van der Waals surface area contributed by atoms with Crippen molar-refractivity contribution in [2.45, 2.75) is 31.4 Å². The van der Waals surface area contributed by atoms with Crippen LogP contribution in [0.5, 0.6) is 11.5 Å². The number of methoxy groups -OCH3 is 1. The Morgan fingerprint density at radius 3 is 2.68 bits per heavy atom. The van der Waals surface area contributed by atoms with Gasteiger partial charge in [0.05, 0.1) is 19.1 Å². The summed E-state index contributed by atoms with van der Waals surface area (Å²) in [5.74, 6) is -0.611. The van der Waals surface area contributed by atoms with Crippen LogP contribution in [-0.2, 0) is 22.7 Å². The third-order valence-electron chi connectivity index (χ3n) is 5.63. The van der Waals surface area contributed by atoms with Gasteiger partial charge in [0.1, 0.15) is 26.5 Å². The van der Waals surface area contributed by atoms with Crippen molar-refractivity contribution in [1.82, 2.24) is 10.2 Å². The van der Waals surface area contributed by atoms with Gasteiger partial charge in [-0.25, -0.2) is 4.39 Å². The minimum Gasteiger partial charge on any atom is -0.494 e. The fraction of sp³-hybridized carbons (Fsp3) is 0.318. The van der Waals surface area contributed by atoms with Gasteiger partial charge in [0.2, 0.25) is 5.91 Å². The van der Waals surface area contributed by atoms with Crippen molar-refractivity contribution < 1.29 is 28.2 Å². The highest BCUT2D eigenvalue weighted by atomic mass is 19.1. The SMILES string of the molecule is BC(CCC=O)(C(=O)NC)N1Cc2c(OCc3cccc(OC)c3F)cccc2C1=O. The second kappa shape index (κ2) is 9.20. The Hall–Kier alpha value is -3.36. The number of nitrogens with one attached hydrogen (secondary N) is 1. The third-order valence-corrected chi connectivity index (χ3v) is 5.63. The lowest BCUT2D eigenvalue weighted by molar-refractivity contribution is -0.127. The minimum atomic E-state index is -1.19. The standard InChI is InChI=1S/C22H24BFN2O5/c1-25-21(29)22(23,10-5-11-27)26-12-16-15(20(26)28)7-4-8-17(16)31-13-14-6-3-9-18(30-2)19(14)24/h3-4,6-9,11H,5,10,12-13,23H2,1-2H3,(H,25,29). The Morgan fingerprint density at radius 2 is 2.00 bits per heavy atom. The number of carbonyl (C=O) groups excluding carboxylic acids is 3. The molecule has 1 N–H and O–H groups in total. The molecule has 1 aliphatic heterocycles. The lowest BCUT2D eigenvalue weighted by atomic mass is 9.71. The highest BCUT2D eigenvalue weighted by molar-refractivity contribution is 6.30. The lowest BCUT2D eigenvalue weighted by Gasteiger charge is -2.37. The zero-order valence-electron chi connectivity index (χ0n) is 17.7. The molecule has 2 aromatic rings. The fourth-order valence-corrected chi connectivity index (χ4v) is 3.80. The van der Waals surface area contributed by atoms with Gasteiger partial charge in [-0.2, -0.15) is 0 Å². The summed E-state index contributed by atoms with van der Waals surface area (Å²) in [5.41, 5.74) is 0.170. The van der Waals surface area contributed by atoms with E-state index in [9.17, 15) is 18.8 Å². The normalized spacial score (nSPS) is 14.5. The van der Waals surface area contributed by atoms with Gasteiger partial charge in [-0.3, -0.25) is 9.59 Å². The van der Waals surface area contributed by atoms with Crippen molar-refractivity contribution in [3.8, 4) is 11.5 Å². The van der Waals surface area contributed by atoms with Gasteiger partial charge in [0.25, 0.3) is 5.91 Å². The van der Waals surface area contributed by atoms with Crippen LogP contribution in [0.3, 0.4) is 0 Å². The number of benzene rings is 2. The molecule has 0 bridgehead atoms. The van der Waals surface area contributed by atoms with Crippen molar-refractivity contribution in [1.29, 1.82) is 0 Å². The van der Waals surface area contributed by atoms with E-state index in [0.717, 1.165) is 6.29 Å². The van der Waals surface area contributed by atoms with Crippen LogP contribution in [0.25, 0.3) is 0 Å². The van der Waals surface area contributed by atoms with E-state index in [-0.39, 0.29) is 43.6 Å². The number of carbonyl (C=O) groups is 3. The van der Waals surface area contributed by atoms with E-state index < -0.39 is 11.3 Å². The number of ether oxygens (including phenoxy) is 2. The van der Waals surface area contributed by atoms with Crippen molar-refractivity contribution in [3.05, 3.63) is 58.9 Å². The smallest absolute Gasteiger partial charge is 0.254 e. The van der Waals surface area contributed by atoms with Crippen molar-refractivity contribution >= 4 is 25.9 Å². The first-order valence-electron chi connectivity index (χ1n) is 9.91. The van der Waals surface area contributed by atoms with Crippen molar-refractivity contribution in [2.75, 3.05) is 14.2 Å². The molecule has 0 spiro atoms. The predicted octanol–water partition coefficient (Wildman–Crippen LogP) is 1.42. The summed E-state index contributed by atoms with van der Waals surface area (Å²) >= 11 is 0. The molecule has 0 fully saturated rings. The Bertz CT molecular complexity index is 1020. The summed E-state index contributed by atoms with van der Waals surface area (Å²) in [6.45, 7) is 0.0965. The van der Waals surface area contributed by atoms with E-state index in [0.29, 0.717) is 22.4 Å². The summed E-state index contributed by atoms with van der Waals surface area (Å²) in [6.07, 6.45) is 1.07. The summed E-state index contributed by atoms with van der Waals surface area (Å²) in [7, 11) is 4.53. The van der Waals surface area contributed by atoms with E-state index in [1.54, 1.807) is 38.2 Å². The van der Waals surface area contributed by atoms with Gasteiger partial charge < -0.3 is 24.5 Å². The largest absolute Gasteiger partial charge is 0.494 e. The maximum absolute atomic E-state index is 14.4. The molecule has 3 rings (SSSR count). The molecule has 2 amide bonds. The van der Waals surface area contributed by atoms with Crippen LogP contribution >= 0.6 is 0 Å². The molecule has 7 nitrogen and oxygen atoms in total. The number of halogens is 1. The zero-order valence-corrected chi connectivity index (χ0v) is 17.7. The minimum absolute atomic E-state index is 0.0501. The van der Waals surface area contributed by atoms with Crippen LogP contribution in [-0.4, -0.2) is 50.4 Å². The molecule has 1 heterocycles. The molecule has 1 unspecified atom stereocenters. The van der Waals surface area contributed by atoms with Crippen molar-refractivity contribution in [3.63, 3.8) is 0 Å². The highest BCUT2D eigenvalue weighted by Crippen LogP contribution is 2.36. The molecule has 0 saturated heterocycles. The molecular formula is C22H24BFN2O5. The number of hydrogen-bond acceptors (Lipinski definition) is 5. The number of rotatable bonds is 9. The van der Waals surface area contributed by atoms with Crippen LogP contribution in [0.4, 0.5) is 4.39 Å². The lowest BCUT2D eigenvalue weighted by Crippen LogP contribution is -2.59. The summed E-state index contributed by atoms with van der Waals surface area (Å²) < 4.78 is 25.3. The molecule has 0 aliphatic carbocycles. The average Bonchev–Trinajstić information content (AvgIpc) is 3.14. The van der Waals surface area contributed by atoms with Crippen LogP contribution in [0.15, 0.2) is 36.4 Å². The summed E-state index contributed by atoms with van der Waals surface area (Å²) in [5, 5.41) is 2.58. The van der Waals surface area contributed by atoms with Crippen LogP contribution < -0.4 is 14.8 Å². The molecule has 1 atom stereocenters. The Labute approximate surface area is 180 Å². The number of likely N-dealkylation sites (N-methyl/N-ethyl adjacent to an activating group) is 1. The number of hydrogen-bond donors (Lipinski definition) is 1. The first-order chi connectivity index (χ1) is 14.9. The molecule has 0 aromatic heterocycles. The molecule has 162 valence electrons. The topological polar surface area (TPSA) is 84.9 Å². The van der Waals surface area contributed by atoms with Gasteiger partial charge in [-0.05, 0) is 24.6 Å². The van der Waals surface area contributed by atoms with Gasteiger partial charge in [0, 0.05) is 30.2 Å². The maximum atomic E-state index is 14.4. The maximum Gasteiger partial charge on any atom is 0.254 e. The number of amides is 2. The zero-order chi connectivity index (χ0) is 22.6. The molecule has 1 aliphatic rings. The predicted molar refractivity (Wildman–Crippen MR) is 114 cm³/mol. The van der Waals surface area contributed by atoms with E-state index in [1.807, 2.05) is 0 Å². The summed E-state index contributed by atoms with van der Waals surface area (Å²) in [6, 6.07) is 9.84. The van der Waals surface area contributed by atoms with Crippen LogP contribution in [0, 0.1) is 5.82 Å². The second-order valence-electron chi connectivity index (χ2n) is 7.45. The molecule has 0 saturated carbocycles. The van der Waals surface area contributed by atoms with Gasteiger partial charge in [0.15, 0.2) is 11.6 Å². The van der Waals surface area contributed by atoms with Crippen LogP contribution in [0.1, 0.15) is 34.3 Å². The van der Waals surface area contributed by atoms with E-state index in [2.05, 4.69) is 5.32 Å². The van der Waals surface area contributed by atoms with Crippen molar-refractivity contribution in [2.24, 2.45) is 0 Å². The average molecular weight is 426 g/mol. The Kier molecular flexibility index (Phi) is 6.63. The fourth-order valence-electron chi connectivity index (χ4n) is 3.80. The molecule has 2 aromatic carbocycles.